The molecule has 0 aliphatic heterocycles. The number of aliphatic carboxylic acids is 2. The number of carboxylic acid groups (broad SMARTS) is 2. The first-order chi connectivity index (χ1) is 9.65. The molecule has 2 atom stereocenters. The highest BCUT2D eigenvalue weighted by molar-refractivity contribution is 7.52. The molecule has 0 heterocycles. The number of carbonyl (C=O) groups is 2. The molecule has 132 valence electrons. The van der Waals surface area contributed by atoms with Crippen LogP contribution in [0.4, 0.5) is 0 Å². The molecule has 0 saturated heterocycles. The van der Waals surface area contributed by atoms with Gasteiger partial charge in [0, 0.05) is 0 Å². The molecule has 0 spiro atoms. The fourth-order valence-corrected chi connectivity index (χ4v) is 2.09. The topological polar surface area (TPSA) is 242 Å². The molecule has 22 heavy (non-hydrogen) atoms. The van der Waals surface area contributed by atoms with Crippen LogP contribution in [0.15, 0.2) is 0 Å². The summed E-state index contributed by atoms with van der Waals surface area (Å²) in [5, 5.41) is 16.4. The molecule has 0 bridgehead atoms. The second kappa shape index (κ2) is 10.0. The molecule has 0 amide bonds. The maximum absolute atomic E-state index is 10.2. The molecule has 12 nitrogen and oxygen atoms in total. The largest absolute Gasteiger partial charge is 0.480 e. The van der Waals surface area contributed by atoms with Gasteiger partial charge in [0.25, 0.3) is 0 Å². The summed E-state index contributed by atoms with van der Waals surface area (Å²) in [7, 11) is -8.21. The van der Waals surface area contributed by atoms with Crippen LogP contribution in [0.3, 0.4) is 0 Å². The first-order valence-corrected chi connectivity index (χ1v) is 9.31. The molecule has 10 N–H and O–H groups in total. The zero-order valence-electron chi connectivity index (χ0n) is 11.3. The Kier molecular flexibility index (Phi) is 10.7. The van der Waals surface area contributed by atoms with Gasteiger partial charge >= 0.3 is 27.1 Å². The fraction of sp³-hybridized carbons (Fsp3) is 0.750. The summed E-state index contributed by atoms with van der Waals surface area (Å²) in [6, 6.07) is -2.38. The molecule has 0 radical (unpaired) electrons. The zero-order chi connectivity index (χ0) is 18.1. The predicted molar refractivity (Wildman–Crippen MR) is 74.3 cm³/mol. The van der Waals surface area contributed by atoms with Crippen LogP contribution in [0.5, 0.6) is 0 Å². The van der Waals surface area contributed by atoms with Gasteiger partial charge < -0.3 is 41.3 Å². The van der Waals surface area contributed by atoms with Crippen LogP contribution in [-0.4, -0.2) is 66.1 Å². The highest BCUT2D eigenvalue weighted by atomic mass is 31.2. The molecule has 0 aliphatic carbocycles. The summed E-state index contributed by atoms with van der Waals surface area (Å²) in [6.45, 7) is 0. The molecule has 14 heteroatoms. The molecular formula is C8H20N2O10P2. The van der Waals surface area contributed by atoms with E-state index in [-0.39, 0.29) is 12.8 Å². The zero-order valence-corrected chi connectivity index (χ0v) is 13.1. The molecule has 0 aromatic carbocycles. The maximum Gasteiger partial charge on any atom is 0.325 e. The maximum atomic E-state index is 10.2. The quantitative estimate of drug-likeness (QED) is 0.216. The van der Waals surface area contributed by atoms with Gasteiger partial charge in [-0.05, 0) is 12.8 Å². The molecule has 0 saturated carbocycles. The lowest BCUT2D eigenvalue weighted by Gasteiger charge is -2.06. The van der Waals surface area contributed by atoms with Crippen molar-refractivity contribution < 1.29 is 48.5 Å². The normalized spacial score (nSPS) is 14.5. The standard InChI is InChI=1S/2C4H10NO5P/c2*5-3(4(6)7)1-2-11(8,9)10/h2*3H,1-2,5H2,(H,6,7)(H2,8,9,10)/t2*3-/m00/s1. The van der Waals surface area contributed by atoms with E-state index >= 15 is 0 Å². The van der Waals surface area contributed by atoms with E-state index in [9.17, 15) is 18.7 Å². The van der Waals surface area contributed by atoms with Gasteiger partial charge in [-0.25, -0.2) is 0 Å². The lowest BCUT2D eigenvalue weighted by atomic mass is 10.2. The Labute approximate surface area is 125 Å². The third-order valence-corrected chi connectivity index (χ3v) is 3.78. The fourth-order valence-electron chi connectivity index (χ4n) is 0.861. The highest BCUT2D eigenvalue weighted by Gasteiger charge is 2.19. The third kappa shape index (κ3) is 17.2. The molecule has 0 aliphatic rings. The van der Waals surface area contributed by atoms with Crippen molar-refractivity contribution >= 4 is 27.1 Å². The molecule has 0 rings (SSSR count). The summed E-state index contributed by atoms with van der Waals surface area (Å²) >= 11 is 0. The van der Waals surface area contributed by atoms with Crippen LogP contribution < -0.4 is 11.5 Å². The van der Waals surface area contributed by atoms with Gasteiger partial charge in [-0.2, -0.15) is 0 Å². The monoisotopic (exact) mass is 366 g/mol. The van der Waals surface area contributed by atoms with E-state index in [0.717, 1.165) is 0 Å². The Morgan fingerprint density at radius 3 is 1.14 bits per heavy atom. The smallest absolute Gasteiger partial charge is 0.325 e. The average Bonchev–Trinajstić information content (AvgIpc) is 2.31. The Morgan fingerprint density at radius 2 is 1.00 bits per heavy atom. The van der Waals surface area contributed by atoms with Crippen LogP contribution in [0.25, 0.3) is 0 Å². The van der Waals surface area contributed by atoms with E-state index in [1.165, 1.54) is 0 Å². The average molecular weight is 366 g/mol. The minimum atomic E-state index is -4.10. The van der Waals surface area contributed by atoms with Crippen molar-refractivity contribution in [3.8, 4) is 0 Å². The third-order valence-electron chi connectivity index (χ3n) is 2.10. The van der Waals surface area contributed by atoms with Crippen LogP contribution in [-0.2, 0) is 18.7 Å². The van der Waals surface area contributed by atoms with Crippen LogP contribution in [0, 0.1) is 0 Å². The summed E-state index contributed by atoms with van der Waals surface area (Å²) < 4.78 is 20.4. The minimum Gasteiger partial charge on any atom is -0.480 e. The number of hydrogen-bond acceptors (Lipinski definition) is 6. The van der Waals surface area contributed by atoms with Crippen molar-refractivity contribution in [1.29, 1.82) is 0 Å². The van der Waals surface area contributed by atoms with E-state index in [1.54, 1.807) is 0 Å². The van der Waals surface area contributed by atoms with E-state index < -0.39 is 51.5 Å². The Bertz CT molecular complexity index is 416. The summed E-state index contributed by atoms with van der Waals surface area (Å²) in [6.07, 6.45) is -1.39. The van der Waals surface area contributed by atoms with Crippen molar-refractivity contribution in [1.82, 2.24) is 0 Å². The van der Waals surface area contributed by atoms with Crippen molar-refractivity contribution in [2.24, 2.45) is 11.5 Å². The Morgan fingerprint density at radius 1 is 0.773 bits per heavy atom. The highest BCUT2D eigenvalue weighted by Crippen LogP contribution is 2.35. The number of nitrogens with two attached hydrogens (primary N) is 2. The molecule has 0 aromatic heterocycles. The molecule has 0 aromatic rings. The van der Waals surface area contributed by atoms with Crippen LogP contribution in [0.2, 0.25) is 0 Å². The Hall–Kier alpha value is -0.840. The molecular weight excluding hydrogens is 346 g/mol. The summed E-state index contributed by atoms with van der Waals surface area (Å²) in [4.78, 5) is 53.3. The lowest BCUT2D eigenvalue weighted by molar-refractivity contribution is -0.139. The number of carboxylic acids is 2. The number of hydrogen-bond donors (Lipinski definition) is 8. The van der Waals surface area contributed by atoms with Gasteiger partial charge in [-0.1, -0.05) is 0 Å². The SMILES string of the molecule is N[C@@H](CCP(=O)(O)O)C(=O)O.N[C@@H](CCP(=O)(O)O)C(=O)O. The van der Waals surface area contributed by atoms with Crippen molar-refractivity contribution in [2.45, 2.75) is 24.9 Å². The van der Waals surface area contributed by atoms with Gasteiger partial charge in [0.1, 0.15) is 12.1 Å². The molecule has 0 fully saturated rings. The van der Waals surface area contributed by atoms with Gasteiger partial charge in [-0.15, -0.1) is 0 Å². The van der Waals surface area contributed by atoms with E-state index in [4.69, 9.17) is 41.3 Å². The van der Waals surface area contributed by atoms with E-state index in [0.29, 0.717) is 0 Å². The first kappa shape index (κ1) is 23.4. The van der Waals surface area contributed by atoms with E-state index in [1.807, 2.05) is 0 Å². The molecule has 0 unspecified atom stereocenters. The second-order valence-corrected chi connectivity index (χ2v) is 7.80. The summed E-state index contributed by atoms with van der Waals surface area (Å²) in [5.74, 6) is -2.50. The minimum absolute atomic E-state index is 0.209. The van der Waals surface area contributed by atoms with E-state index in [2.05, 4.69) is 0 Å². The first-order valence-electron chi connectivity index (χ1n) is 5.71. The van der Waals surface area contributed by atoms with Gasteiger partial charge in [0.2, 0.25) is 0 Å². The second-order valence-electron chi connectivity index (χ2n) is 4.24. The lowest BCUT2D eigenvalue weighted by Crippen LogP contribution is -2.30. The summed E-state index contributed by atoms with van der Waals surface area (Å²) in [5.41, 5.74) is 9.96. The predicted octanol–water partition coefficient (Wildman–Crippen LogP) is -2.07. The van der Waals surface area contributed by atoms with Crippen molar-refractivity contribution in [3.63, 3.8) is 0 Å². The van der Waals surface area contributed by atoms with Crippen molar-refractivity contribution in [3.05, 3.63) is 0 Å². The van der Waals surface area contributed by atoms with Crippen LogP contribution in [0.1, 0.15) is 12.8 Å². The van der Waals surface area contributed by atoms with Crippen LogP contribution >= 0.6 is 15.2 Å². The van der Waals surface area contributed by atoms with Gasteiger partial charge in [0.15, 0.2) is 0 Å². The number of rotatable bonds is 8. The Balaban J connectivity index is 0. The van der Waals surface area contributed by atoms with Gasteiger partial charge in [-0.3, -0.25) is 18.7 Å². The van der Waals surface area contributed by atoms with Gasteiger partial charge in [0.05, 0.1) is 12.3 Å². The van der Waals surface area contributed by atoms with Crippen molar-refractivity contribution in [2.75, 3.05) is 12.3 Å².